The molecule has 2 N–H and O–H groups in total. The molecule has 24 heavy (non-hydrogen) atoms. The Hall–Kier alpha value is -0.0100. The number of hydrogen-bond acceptors (Lipinski definition) is 5. The van der Waals surface area contributed by atoms with E-state index in [0.29, 0.717) is 26.4 Å². The lowest BCUT2D eigenvalue weighted by atomic mass is 10.1. The van der Waals surface area contributed by atoms with Crippen LogP contribution in [0.3, 0.4) is 0 Å². The lowest BCUT2D eigenvalue weighted by Gasteiger charge is -2.07. The molecular weight excluding hydrogens is 335 g/mol. The van der Waals surface area contributed by atoms with E-state index in [1.807, 2.05) is 0 Å². The van der Waals surface area contributed by atoms with Crippen LogP contribution < -0.4 is 0 Å². The van der Waals surface area contributed by atoms with Crippen molar-refractivity contribution in [2.24, 2.45) is 0 Å². The first-order chi connectivity index (χ1) is 11.6. The predicted molar refractivity (Wildman–Crippen MR) is 93.1 cm³/mol. The Bertz CT molecular complexity index is 296. The van der Waals surface area contributed by atoms with Crippen LogP contribution in [0.4, 0.5) is 0 Å². The molecule has 7 nitrogen and oxygen atoms in total. The molecule has 0 atom stereocenters. The van der Waals surface area contributed by atoms with Gasteiger partial charge in [-0.2, -0.15) is 0 Å². The van der Waals surface area contributed by atoms with Crippen molar-refractivity contribution >= 4 is 7.82 Å². The molecule has 0 heterocycles. The number of unbranched alkanes of at least 4 members (excludes halogenated alkanes) is 7. The van der Waals surface area contributed by atoms with Crippen LogP contribution in [-0.4, -0.2) is 56.0 Å². The molecule has 0 spiro atoms. The van der Waals surface area contributed by atoms with Gasteiger partial charge in [0.15, 0.2) is 0 Å². The molecular formula is C16H35O7P. The van der Waals surface area contributed by atoms with Crippen LogP contribution in [0.25, 0.3) is 0 Å². The molecule has 0 bridgehead atoms. The summed E-state index contributed by atoms with van der Waals surface area (Å²) in [5.41, 5.74) is 0. The summed E-state index contributed by atoms with van der Waals surface area (Å²) in [5.74, 6) is 0. The average molecular weight is 370 g/mol. The van der Waals surface area contributed by atoms with Crippen LogP contribution in [0.15, 0.2) is 0 Å². The third-order valence-electron chi connectivity index (χ3n) is 3.37. The highest BCUT2D eigenvalue weighted by atomic mass is 31.2. The maximum Gasteiger partial charge on any atom is 0.469 e. The first-order valence-electron chi connectivity index (χ1n) is 8.99. The summed E-state index contributed by atoms with van der Waals surface area (Å²) in [4.78, 5) is 16.9. The SMILES string of the molecule is CCCCCCCCCCOCCOCCOCCOP(=O)(O)O. The monoisotopic (exact) mass is 370 g/mol. The second-order valence-corrected chi connectivity index (χ2v) is 6.88. The maximum absolute atomic E-state index is 10.4. The van der Waals surface area contributed by atoms with Crippen LogP contribution in [-0.2, 0) is 23.3 Å². The van der Waals surface area contributed by atoms with Crippen LogP contribution >= 0.6 is 7.82 Å². The third kappa shape index (κ3) is 22.0. The molecule has 0 aliphatic heterocycles. The van der Waals surface area contributed by atoms with Gasteiger partial charge in [0.25, 0.3) is 0 Å². The fraction of sp³-hybridized carbons (Fsp3) is 1.00. The number of phosphoric acid groups is 1. The first-order valence-corrected chi connectivity index (χ1v) is 10.5. The van der Waals surface area contributed by atoms with E-state index in [0.717, 1.165) is 13.0 Å². The van der Waals surface area contributed by atoms with E-state index < -0.39 is 7.82 Å². The second-order valence-electron chi connectivity index (χ2n) is 5.64. The first kappa shape index (κ1) is 24.0. The number of phosphoric ester groups is 1. The van der Waals surface area contributed by atoms with Crippen LogP contribution in [0.5, 0.6) is 0 Å². The minimum atomic E-state index is -4.38. The molecule has 8 heteroatoms. The summed E-state index contributed by atoms with van der Waals surface area (Å²) in [6.45, 7) is 4.92. The number of ether oxygens (including phenoxy) is 3. The van der Waals surface area contributed by atoms with Crippen LogP contribution in [0.1, 0.15) is 58.3 Å². The summed E-state index contributed by atoms with van der Waals surface area (Å²) < 4.78 is 30.5. The molecule has 0 aromatic heterocycles. The fourth-order valence-corrected chi connectivity index (χ4v) is 2.41. The van der Waals surface area contributed by atoms with Gasteiger partial charge in [-0.25, -0.2) is 4.57 Å². The molecule has 0 radical (unpaired) electrons. The Balaban J connectivity index is 3.02. The van der Waals surface area contributed by atoms with E-state index in [9.17, 15) is 4.57 Å². The van der Waals surface area contributed by atoms with E-state index in [1.165, 1.54) is 44.9 Å². The molecule has 0 saturated carbocycles. The quantitative estimate of drug-likeness (QED) is 0.266. The highest BCUT2D eigenvalue weighted by Crippen LogP contribution is 2.35. The average Bonchev–Trinajstić information content (AvgIpc) is 2.52. The molecule has 0 rings (SSSR count). The van der Waals surface area contributed by atoms with Gasteiger partial charge < -0.3 is 24.0 Å². The zero-order chi connectivity index (χ0) is 17.9. The van der Waals surface area contributed by atoms with Crippen molar-refractivity contribution in [1.82, 2.24) is 0 Å². The molecule has 0 aromatic carbocycles. The zero-order valence-electron chi connectivity index (χ0n) is 15.0. The maximum atomic E-state index is 10.4. The van der Waals surface area contributed by atoms with E-state index in [1.54, 1.807) is 0 Å². The molecule has 0 aromatic rings. The molecule has 0 amide bonds. The highest BCUT2D eigenvalue weighted by Gasteiger charge is 2.12. The largest absolute Gasteiger partial charge is 0.469 e. The fourth-order valence-electron chi connectivity index (χ4n) is 2.10. The van der Waals surface area contributed by atoms with Crippen LogP contribution in [0, 0.1) is 0 Å². The van der Waals surface area contributed by atoms with Gasteiger partial charge in [0.05, 0.1) is 39.6 Å². The minimum absolute atomic E-state index is 0.128. The van der Waals surface area contributed by atoms with Crippen molar-refractivity contribution in [3.63, 3.8) is 0 Å². The molecule has 146 valence electrons. The Labute approximate surface area is 146 Å². The lowest BCUT2D eigenvalue weighted by molar-refractivity contribution is 0.00702. The standard InChI is InChI=1S/C16H35O7P/c1-2-3-4-5-6-7-8-9-10-20-11-12-21-13-14-22-15-16-23-24(17,18)19/h2-16H2,1H3,(H2,17,18,19). The molecule has 0 aliphatic carbocycles. The van der Waals surface area contributed by atoms with Crippen molar-refractivity contribution in [2.75, 3.05) is 46.2 Å². The molecule has 0 aliphatic rings. The Morgan fingerprint density at radius 1 is 0.625 bits per heavy atom. The van der Waals surface area contributed by atoms with Gasteiger partial charge in [-0.05, 0) is 6.42 Å². The topological polar surface area (TPSA) is 94.5 Å². The summed E-state index contributed by atoms with van der Waals surface area (Å²) in [6, 6.07) is 0. The second kappa shape index (κ2) is 17.8. The zero-order valence-corrected chi connectivity index (χ0v) is 15.9. The van der Waals surface area contributed by atoms with Gasteiger partial charge in [-0.1, -0.05) is 51.9 Å². The number of rotatable bonds is 19. The summed E-state index contributed by atoms with van der Waals surface area (Å²) >= 11 is 0. The van der Waals surface area contributed by atoms with Crippen molar-refractivity contribution < 1.29 is 33.1 Å². The van der Waals surface area contributed by atoms with Gasteiger partial charge in [0.1, 0.15) is 0 Å². The van der Waals surface area contributed by atoms with Crippen molar-refractivity contribution in [1.29, 1.82) is 0 Å². The van der Waals surface area contributed by atoms with Gasteiger partial charge in [0, 0.05) is 6.61 Å². The Morgan fingerprint density at radius 2 is 1.04 bits per heavy atom. The van der Waals surface area contributed by atoms with Crippen molar-refractivity contribution in [2.45, 2.75) is 58.3 Å². The third-order valence-corrected chi connectivity index (χ3v) is 3.89. The molecule has 0 fully saturated rings. The van der Waals surface area contributed by atoms with E-state index >= 15 is 0 Å². The Kier molecular flexibility index (Phi) is 17.8. The Morgan fingerprint density at radius 3 is 1.54 bits per heavy atom. The van der Waals surface area contributed by atoms with Gasteiger partial charge in [-0.3, -0.25) is 4.52 Å². The van der Waals surface area contributed by atoms with Gasteiger partial charge >= 0.3 is 7.82 Å². The predicted octanol–water partition coefficient (Wildman–Crippen LogP) is 3.29. The van der Waals surface area contributed by atoms with Crippen LogP contribution in [0.2, 0.25) is 0 Å². The molecule has 0 unspecified atom stereocenters. The van der Waals surface area contributed by atoms with E-state index in [-0.39, 0.29) is 13.2 Å². The molecule has 0 saturated heterocycles. The summed E-state index contributed by atoms with van der Waals surface area (Å²) in [7, 11) is -4.38. The van der Waals surface area contributed by atoms with E-state index in [4.69, 9.17) is 24.0 Å². The minimum Gasteiger partial charge on any atom is -0.379 e. The summed E-state index contributed by atoms with van der Waals surface area (Å²) in [6.07, 6.45) is 10.4. The number of hydrogen-bond donors (Lipinski definition) is 2. The van der Waals surface area contributed by atoms with Crippen molar-refractivity contribution in [3.8, 4) is 0 Å². The summed E-state index contributed by atoms with van der Waals surface area (Å²) in [5, 5.41) is 0. The normalized spacial score (nSPS) is 12.0. The lowest BCUT2D eigenvalue weighted by Crippen LogP contribution is -2.11. The van der Waals surface area contributed by atoms with E-state index in [2.05, 4.69) is 11.4 Å². The smallest absolute Gasteiger partial charge is 0.379 e. The van der Waals surface area contributed by atoms with Crippen molar-refractivity contribution in [3.05, 3.63) is 0 Å². The van der Waals surface area contributed by atoms with Gasteiger partial charge in [0.2, 0.25) is 0 Å². The van der Waals surface area contributed by atoms with Gasteiger partial charge in [-0.15, -0.1) is 0 Å². The highest BCUT2D eigenvalue weighted by molar-refractivity contribution is 7.46.